The van der Waals surface area contributed by atoms with Gasteiger partial charge in [-0.2, -0.15) is 0 Å². The van der Waals surface area contributed by atoms with E-state index in [-0.39, 0.29) is 31.6 Å². The van der Waals surface area contributed by atoms with E-state index < -0.39 is 76.0 Å². The molecule has 3 fully saturated rings. The number of hydrogen-bond acceptors (Lipinski definition) is 8. The highest BCUT2D eigenvalue weighted by atomic mass is 19.1. The minimum absolute atomic E-state index is 0.0490. The quantitative estimate of drug-likeness (QED) is 0.307. The van der Waals surface area contributed by atoms with Crippen LogP contribution in [0.15, 0.2) is 23.8 Å². The Labute approximate surface area is 240 Å². The molecule has 10 heteroatoms. The van der Waals surface area contributed by atoms with Gasteiger partial charge in [-0.1, -0.05) is 25.5 Å². The predicted octanol–water partition coefficient (Wildman–Crippen LogP) is 3.75. The number of Topliss-reactive ketones (excluding diaryl/α,β-unsaturated/α-hetero) is 1. The van der Waals surface area contributed by atoms with Gasteiger partial charge in [0.2, 0.25) is 5.78 Å². The summed E-state index contributed by atoms with van der Waals surface area (Å²) in [6.07, 6.45) is 3.65. The normalized spacial score (nSPS) is 39.6. The minimum atomic E-state index is -2.06. The number of ether oxygens (including phenoxy) is 2. The van der Waals surface area contributed by atoms with Crippen molar-refractivity contribution in [1.29, 1.82) is 0 Å². The fourth-order valence-corrected chi connectivity index (χ4v) is 8.21. The molecule has 0 aromatic heterocycles. The lowest BCUT2D eigenvalue weighted by Crippen LogP contribution is -2.69. The van der Waals surface area contributed by atoms with E-state index in [9.17, 15) is 29.4 Å². The van der Waals surface area contributed by atoms with Crippen molar-refractivity contribution in [3.05, 3.63) is 23.8 Å². The Hall–Kier alpha value is -2.59. The van der Waals surface area contributed by atoms with Gasteiger partial charge in [-0.15, -0.1) is 0 Å². The summed E-state index contributed by atoms with van der Waals surface area (Å²) in [5.74, 6) is -3.11. The summed E-state index contributed by atoms with van der Waals surface area (Å²) < 4.78 is 27.6. The highest BCUT2D eigenvalue weighted by molar-refractivity contribution is 6.01. The van der Waals surface area contributed by atoms with Gasteiger partial charge in [-0.3, -0.25) is 14.4 Å². The van der Waals surface area contributed by atoms with Gasteiger partial charge in [0.1, 0.15) is 11.2 Å². The molecule has 9 nitrogen and oxygen atoms in total. The monoisotopic (exact) mass is 577 g/mol. The van der Waals surface area contributed by atoms with Crippen molar-refractivity contribution < 1.29 is 43.3 Å². The molecule has 0 saturated heterocycles. The van der Waals surface area contributed by atoms with E-state index in [1.165, 1.54) is 12.2 Å². The first-order chi connectivity index (χ1) is 18.9. The van der Waals surface area contributed by atoms with Gasteiger partial charge < -0.3 is 25.0 Å². The molecule has 0 spiro atoms. The number of carbonyl (C=O) groups is 4. The van der Waals surface area contributed by atoms with Crippen LogP contribution in [0.25, 0.3) is 0 Å². The van der Waals surface area contributed by atoms with Crippen molar-refractivity contribution in [2.45, 2.75) is 103 Å². The number of nitrogens with one attached hydrogen (secondary N) is 1. The van der Waals surface area contributed by atoms with Crippen LogP contribution in [-0.2, 0) is 23.9 Å². The summed E-state index contributed by atoms with van der Waals surface area (Å²) >= 11 is 0. The molecule has 0 aromatic rings. The van der Waals surface area contributed by atoms with E-state index in [0.29, 0.717) is 24.8 Å². The average molecular weight is 578 g/mol. The molecule has 3 saturated carbocycles. The molecule has 8 atom stereocenters. The van der Waals surface area contributed by atoms with Gasteiger partial charge in [-0.25, -0.2) is 9.18 Å². The first kappa shape index (κ1) is 31.3. The topological polar surface area (TPSA) is 139 Å². The van der Waals surface area contributed by atoms with Crippen molar-refractivity contribution in [3.8, 4) is 0 Å². The second-order valence-electron chi connectivity index (χ2n) is 13.8. The predicted molar refractivity (Wildman–Crippen MR) is 147 cm³/mol. The van der Waals surface area contributed by atoms with Gasteiger partial charge in [0.15, 0.2) is 18.1 Å². The second-order valence-corrected chi connectivity index (χ2v) is 13.8. The lowest BCUT2D eigenvalue weighted by Gasteiger charge is -2.62. The van der Waals surface area contributed by atoms with Crippen molar-refractivity contribution in [2.24, 2.45) is 28.6 Å². The minimum Gasteiger partial charge on any atom is -0.458 e. The highest BCUT2D eigenvalue weighted by Crippen LogP contribution is 2.70. The van der Waals surface area contributed by atoms with Crippen LogP contribution in [0.1, 0.15) is 80.1 Å². The maximum absolute atomic E-state index is 17.3. The molecule has 0 unspecified atom stereocenters. The molecule has 228 valence electrons. The number of carbonyl (C=O) groups excluding carboxylic acids is 4. The Bertz CT molecular complexity index is 1180. The molecule has 4 aliphatic carbocycles. The van der Waals surface area contributed by atoms with Crippen molar-refractivity contribution in [2.75, 3.05) is 13.2 Å². The van der Waals surface area contributed by atoms with Gasteiger partial charge in [0, 0.05) is 29.7 Å². The molecular weight excluding hydrogens is 533 g/mol. The van der Waals surface area contributed by atoms with Crippen LogP contribution >= 0.6 is 0 Å². The highest BCUT2D eigenvalue weighted by Gasteiger charge is 2.75. The van der Waals surface area contributed by atoms with E-state index in [4.69, 9.17) is 9.47 Å². The number of esters is 1. The van der Waals surface area contributed by atoms with E-state index in [1.54, 1.807) is 47.6 Å². The smallest absolute Gasteiger partial charge is 0.407 e. The molecule has 0 bridgehead atoms. The zero-order chi connectivity index (χ0) is 30.6. The summed E-state index contributed by atoms with van der Waals surface area (Å²) in [6.45, 7) is 9.96. The number of hydrogen-bond donors (Lipinski definition) is 3. The third-order valence-corrected chi connectivity index (χ3v) is 10.2. The van der Waals surface area contributed by atoms with Crippen molar-refractivity contribution in [3.63, 3.8) is 0 Å². The van der Waals surface area contributed by atoms with Crippen LogP contribution in [-0.4, -0.2) is 70.0 Å². The first-order valence-corrected chi connectivity index (χ1v) is 14.6. The zero-order valence-electron chi connectivity index (χ0n) is 24.9. The molecule has 41 heavy (non-hydrogen) atoms. The summed E-state index contributed by atoms with van der Waals surface area (Å²) in [7, 11) is 0. The number of halogens is 1. The first-order valence-electron chi connectivity index (χ1n) is 14.6. The number of aliphatic hydroxyl groups is 2. The van der Waals surface area contributed by atoms with Crippen LogP contribution in [0.3, 0.4) is 0 Å². The fourth-order valence-electron chi connectivity index (χ4n) is 8.21. The molecule has 3 N–H and O–H groups in total. The number of alkyl carbamates (subject to hydrolysis) is 1. The Balaban J connectivity index is 1.42. The van der Waals surface area contributed by atoms with Crippen molar-refractivity contribution in [1.82, 2.24) is 5.32 Å². The summed E-state index contributed by atoms with van der Waals surface area (Å²) in [5.41, 5.74) is -6.26. The standard InChI is InChI=1S/C31H44FNO8/c1-18-14-22-21-10-9-19-15-20(34)11-12-28(19,5)30(21,32)23(35)16-29(22,6)31(18,39)24(36)17-40-25(37)8-7-13-33-26(38)41-27(2,3)4/h11-12,15,18,21-23,35,39H,7-10,13-14,16-17H2,1-6H3,(H,33,38)/t18-,21+,22+,23+,28+,29+,30+,31+/m1/s1. The summed E-state index contributed by atoms with van der Waals surface area (Å²) in [4.78, 5) is 49.6. The van der Waals surface area contributed by atoms with E-state index in [0.717, 1.165) is 0 Å². The third kappa shape index (κ3) is 5.05. The number of aliphatic hydroxyl groups excluding tert-OH is 1. The Morgan fingerprint density at radius 1 is 1.20 bits per heavy atom. The third-order valence-electron chi connectivity index (χ3n) is 10.2. The average Bonchev–Trinajstić information content (AvgIpc) is 3.07. The largest absolute Gasteiger partial charge is 0.458 e. The van der Waals surface area contributed by atoms with Crippen LogP contribution in [0.4, 0.5) is 9.18 Å². The molecule has 0 aromatic carbocycles. The Morgan fingerprint density at radius 3 is 2.54 bits per heavy atom. The molecule has 0 aliphatic heterocycles. The van der Waals surface area contributed by atoms with E-state index in [1.807, 2.05) is 0 Å². The number of ketones is 2. The maximum Gasteiger partial charge on any atom is 0.407 e. The lowest BCUT2D eigenvalue weighted by atomic mass is 9.44. The molecule has 4 rings (SSSR count). The van der Waals surface area contributed by atoms with E-state index in [2.05, 4.69) is 5.32 Å². The maximum atomic E-state index is 17.3. The summed E-state index contributed by atoms with van der Waals surface area (Å²) in [6, 6.07) is 0. The van der Waals surface area contributed by atoms with Crippen molar-refractivity contribution >= 4 is 23.6 Å². The zero-order valence-corrected chi connectivity index (χ0v) is 24.9. The number of allylic oxidation sites excluding steroid dienone is 4. The van der Waals surface area contributed by atoms with Gasteiger partial charge in [-0.05, 0) is 83.8 Å². The molecular formula is C31H44FNO8. The molecule has 1 amide bonds. The Morgan fingerprint density at radius 2 is 1.88 bits per heavy atom. The second kappa shape index (κ2) is 10.6. The Kier molecular flexibility index (Phi) is 8.10. The number of fused-ring (bicyclic) bond motifs is 5. The molecule has 4 aliphatic rings. The van der Waals surface area contributed by atoms with Crippen LogP contribution in [0.2, 0.25) is 0 Å². The number of rotatable bonds is 7. The lowest BCUT2D eigenvalue weighted by molar-refractivity contribution is -0.220. The van der Waals surface area contributed by atoms with Gasteiger partial charge >= 0.3 is 12.1 Å². The fraction of sp³-hybridized carbons (Fsp3) is 0.742. The molecule has 0 radical (unpaired) electrons. The van der Waals surface area contributed by atoms with Gasteiger partial charge in [0.25, 0.3) is 0 Å². The number of amides is 1. The van der Waals surface area contributed by atoms with Gasteiger partial charge in [0.05, 0.1) is 6.10 Å². The number of alkyl halides is 1. The SMILES string of the molecule is C[C@@H]1C[C@H]2[C@@H]3CCC4=CC(=O)C=C[C@]4(C)[C@@]3(F)[C@@H](O)C[C@]2(C)[C@@]1(O)C(=O)COC(=O)CCCNC(=O)OC(C)(C)C. The van der Waals surface area contributed by atoms with Crippen LogP contribution in [0, 0.1) is 28.6 Å². The summed E-state index contributed by atoms with van der Waals surface area (Å²) in [5, 5.41) is 25.9. The van der Waals surface area contributed by atoms with E-state index >= 15 is 4.39 Å². The van der Waals surface area contributed by atoms with Crippen LogP contribution < -0.4 is 5.32 Å². The van der Waals surface area contributed by atoms with Crippen LogP contribution in [0.5, 0.6) is 0 Å². The molecule has 0 heterocycles.